The largest absolute Gasteiger partial charge is 0.394 e. The summed E-state index contributed by atoms with van der Waals surface area (Å²) in [5.74, 6) is -0.233. The zero-order valence-corrected chi connectivity index (χ0v) is 51.6. The lowest BCUT2D eigenvalue weighted by molar-refractivity contribution is -0.359. The van der Waals surface area contributed by atoms with Crippen molar-refractivity contribution in [1.82, 2.24) is 5.32 Å². The molecule has 12 atom stereocenters. The second-order valence-electron chi connectivity index (χ2n) is 22.2. The van der Waals surface area contributed by atoms with E-state index >= 15 is 0 Å². The van der Waals surface area contributed by atoms with Crippen molar-refractivity contribution in [2.24, 2.45) is 0 Å². The highest BCUT2D eigenvalue weighted by molar-refractivity contribution is 5.76. The van der Waals surface area contributed by atoms with E-state index in [0.29, 0.717) is 12.8 Å². The van der Waals surface area contributed by atoms with Gasteiger partial charge >= 0.3 is 0 Å². The van der Waals surface area contributed by atoms with Gasteiger partial charge in [0.15, 0.2) is 12.6 Å². The van der Waals surface area contributed by atoms with Crippen LogP contribution in [0.25, 0.3) is 0 Å². The van der Waals surface area contributed by atoms with E-state index in [9.17, 15) is 45.6 Å². The van der Waals surface area contributed by atoms with E-state index in [1.165, 1.54) is 44.9 Å². The summed E-state index contributed by atoms with van der Waals surface area (Å²) < 4.78 is 22.8. The minimum Gasteiger partial charge on any atom is -0.394 e. The Balaban J connectivity index is 1.63. The molecule has 1 amide bonds. The number of amides is 1. The number of aliphatic hydroxyl groups excluding tert-OH is 8. The quantitative estimate of drug-likeness (QED) is 0.0204. The van der Waals surface area contributed by atoms with Gasteiger partial charge in [-0.3, -0.25) is 4.79 Å². The van der Waals surface area contributed by atoms with Crippen molar-refractivity contribution in [2.45, 2.75) is 280 Å². The molecule has 9 N–H and O–H groups in total. The number of allylic oxidation sites excluding steroid dienone is 22. The Morgan fingerprint density at radius 3 is 1.26 bits per heavy atom. The maximum atomic E-state index is 13.3. The summed E-state index contributed by atoms with van der Waals surface area (Å²) in [5, 5.41) is 87.2. The van der Waals surface area contributed by atoms with Crippen LogP contribution in [0.1, 0.15) is 206 Å². The molecule has 0 radical (unpaired) electrons. The van der Waals surface area contributed by atoms with Crippen LogP contribution in [0, 0.1) is 0 Å². The summed E-state index contributed by atoms with van der Waals surface area (Å²) in [6, 6.07) is -0.848. The highest BCUT2D eigenvalue weighted by atomic mass is 16.7. The Labute approximate surface area is 507 Å². The average Bonchev–Trinajstić information content (AvgIpc) is 3.59. The van der Waals surface area contributed by atoms with Crippen molar-refractivity contribution in [3.63, 3.8) is 0 Å². The first kappa shape index (κ1) is 76.2. The van der Waals surface area contributed by atoms with Crippen LogP contribution in [0.3, 0.4) is 0 Å². The molecule has 2 aliphatic heterocycles. The highest BCUT2D eigenvalue weighted by Crippen LogP contribution is 2.30. The maximum absolute atomic E-state index is 13.3. The van der Waals surface area contributed by atoms with Crippen molar-refractivity contribution >= 4 is 5.91 Å². The number of hydrogen-bond donors (Lipinski definition) is 9. The van der Waals surface area contributed by atoms with Crippen LogP contribution in [0.5, 0.6) is 0 Å². The molecule has 2 rings (SSSR count). The first-order valence-electron chi connectivity index (χ1n) is 32.4. The van der Waals surface area contributed by atoms with Gasteiger partial charge < -0.3 is 65.1 Å². The molecular formula is C70H115NO13. The van der Waals surface area contributed by atoms with Crippen LogP contribution in [0.15, 0.2) is 134 Å². The van der Waals surface area contributed by atoms with E-state index in [4.69, 9.17) is 18.9 Å². The van der Waals surface area contributed by atoms with Crippen LogP contribution in [-0.4, -0.2) is 140 Å². The van der Waals surface area contributed by atoms with E-state index in [1.807, 2.05) is 0 Å². The van der Waals surface area contributed by atoms with Gasteiger partial charge in [-0.2, -0.15) is 0 Å². The molecule has 2 saturated heterocycles. The Kier molecular flexibility index (Phi) is 48.4. The second-order valence-corrected chi connectivity index (χ2v) is 22.2. The van der Waals surface area contributed by atoms with E-state index in [0.717, 1.165) is 128 Å². The fourth-order valence-corrected chi connectivity index (χ4v) is 9.71. The van der Waals surface area contributed by atoms with Crippen molar-refractivity contribution in [1.29, 1.82) is 0 Å². The van der Waals surface area contributed by atoms with Crippen molar-refractivity contribution in [3.8, 4) is 0 Å². The number of aliphatic hydroxyl groups is 8. The second kappa shape index (κ2) is 53.4. The van der Waals surface area contributed by atoms with Gasteiger partial charge in [0, 0.05) is 6.42 Å². The summed E-state index contributed by atoms with van der Waals surface area (Å²) in [6.07, 6.45) is 61.8. The monoisotopic (exact) mass is 1180 g/mol. The van der Waals surface area contributed by atoms with E-state index in [1.54, 1.807) is 0 Å². The molecular weight excluding hydrogens is 1060 g/mol. The zero-order chi connectivity index (χ0) is 60.9. The lowest BCUT2D eigenvalue weighted by Crippen LogP contribution is -2.65. The Hall–Kier alpha value is -3.87. The van der Waals surface area contributed by atoms with Crippen LogP contribution < -0.4 is 5.32 Å². The molecule has 0 aromatic heterocycles. The predicted octanol–water partition coefficient (Wildman–Crippen LogP) is 12.3. The molecule has 2 heterocycles. The average molecular weight is 1180 g/mol. The molecule has 0 aromatic rings. The van der Waals surface area contributed by atoms with Gasteiger partial charge in [0.25, 0.3) is 0 Å². The Morgan fingerprint density at radius 2 is 0.821 bits per heavy atom. The van der Waals surface area contributed by atoms with Crippen molar-refractivity contribution in [3.05, 3.63) is 134 Å². The molecule has 14 nitrogen and oxygen atoms in total. The number of carbonyl (C=O) groups is 1. The van der Waals surface area contributed by atoms with Crippen LogP contribution in [0.2, 0.25) is 0 Å². The maximum Gasteiger partial charge on any atom is 0.220 e. The van der Waals surface area contributed by atoms with Gasteiger partial charge in [0.2, 0.25) is 5.91 Å². The third kappa shape index (κ3) is 37.6. The molecule has 0 aliphatic carbocycles. The fourth-order valence-electron chi connectivity index (χ4n) is 9.71. The first-order chi connectivity index (χ1) is 41.1. The summed E-state index contributed by atoms with van der Waals surface area (Å²) >= 11 is 0. The molecule has 0 saturated carbocycles. The smallest absolute Gasteiger partial charge is 0.220 e. The molecule has 84 heavy (non-hydrogen) atoms. The SMILES string of the molecule is CC/C=C\C/C=C\C/C=C\C/C=C\C/C=C\C/C=C\C/C=C\C/C=C\C/C=C\C/C=C\C/C=C\CCCCCCCC(=O)NC(COC1OC(CO)C(OC2OC(CO)C(O)C(O)C2O)C(O)C1O)C(O)CCCCCCCCCCCCC. The normalized spacial score (nSPS) is 24.6. The number of rotatable bonds is 50. The van der Waals surface area contributed by atoms with Gasteiger partial charge in [-0.15, -0.1) is 0 Å². The molecule has 0 spiro atoms. The van der Waals surface area contributed by atoms with Crippen molar-refractivity contribution in [2.75, 3.05) is 19.8 Å². The molecule has 14 heteroatoms. The standard InChI is InChI=1S/C70H115NO13/c1-3-5-7-9-11-13-15-16-17-18-19-20-21-22-23-24-25-26-27-28-29-30-31-32-33-34-35-36-37-38-39-40-41-42-44-46-48-50-52-54-62(75)71-58(59(74)53-51-49-47-45-43-14-12-10-8-6-4-2)57-81-69-67(80)65(78)68(61(56-73)83-69)84-70-66(79)64(77)63(76)60(55-72)82-70/h5,7,11,13,16-17,19-20,22-23,25-26,28-29,31-32,34-35,37-38,40-41,58-61,63-70,72-74,76-80H,3-4,6,8-10,12,14-15,18,21,24,27,30,33,36,39,42-57H2,1-2H3,(H,71,75)/b7-5-,13-11-,17-16-,20-19-,23-22-,26-25-,29-28-,32-31-,35-34-,38-37-,41-40-. The highest BCUT2D eigenvalue weighted by Gasteiger charge is 2.51. The molecule has 0 bridgehead atoms. The summed E-state index contributed by atoms with van der Waals surface area (Å²) in [6.45, 7) is 2.70. The van der Waals surface area contributed by atoms with Crippen LogP contribution in [0.4, 0.5) is 0 Å². The number of hydrogen-bond acceptors (Lipinski definition) is 13. The topological polar surface area (TPSA) is 228 Å². The summed E-state index contributed by atoms with van der Waals surface area (Å²) in [4.78, 5) is 13.3. The molecule has 0 aromatic carbocycles. The van der Waals surface area contributed by atoms with E-state index in [-0.39, 0.29) is 18.9 Å². The third-order valence-electron chi connectivity index (χ3n) is 14.9. The minimum atomic E-state index is -1.79. The number of unbranched alkanes of at least 4 members (excludes halogenated alkanes) is 15. The van der Waals surface area contributed by atoms with Gasteiger partial charge in [0.05, 0.1) is 32.0 Å². The van der Waals surface area contributed by atoms with E-state index in [2.05, 4.69) is 153 Å². The van der Waals surface area contributed by atoms with Gasteiger partial charge in [0.1, 0.15) is 48.8 Å². The molecule has 478 valence electrons. The molecule has 2 aliphatic rings. The van der Waals surface area contributed by atoms with Gasteiger partial charge in [-0.25, -0.2) is 0 Å². The molecule has 2 fully saturated rings. The summed E-state index contributed by atoms with van der Waals surface area (Å²) in [5.41, 5.74) is 0. The first-order valence-corrected chi connectivity index (χ1v) is 32.4. The lowest BCUT2D eigenvalue weighted by atomic mass is 9.97. The van der Waals surface area contributed by atoms with Crippen molar-refractivity contribution < 1.29 is 64.6 Å². The van der Waals surface area contributed by atoms with Crippen LogP contribution >= 0.6 is 0 Å². The zero-order valence-electron chi connectivity index (χ0n) is 51.6. The third-order valence-corrected chi connectivity index (χ3v) is 14.9. The van der Waals surface area contributed by atoms with Gasteiger partial charge in [-0.1, -0.05) is 237 Å². The predicted molar refractivity (Wildman–Crippen MR) is 341 cm³/mol. The Bertz CT molecular complexity index is 1920. The fraction of sp³-hybridized carbons (Fsp3) is 0.671. The van der Waals surface area contributed by atoms with Gasteiger partial charge in [-0.05, 0) is 96.3 Å². The van der Waals surface area contributed by atoms with E-state index < -0.39 is 86.8 Å². The summed E-state index contributed by atoms with van der Waals surface area (Å²) in [7, 11) is 0. The minimum absolute atomic E-state index is 0.233. The Morgan fingerprint density at radius 1 is 0.440 bits per heavy atom. The number of nitrogens with one attached hydrogen (secondary N) is 1. The number of ether oxygens (including phenoxy) is 4. The number of carbonyl (C=O) groups excluding carboxylic acids is 1. The molecule has 12 unspecified atom stereocenters. The van der Waals surface area contributed by atoms with Crippen LogP contribution in [-0.2, 0) is 23.7 Å². The lowest BCUT2D eigenvalue weighted by Gasteiger charge is -2.46.